The maximum atomic E-state index is 9.48. The molecular weight excluding hydrogens is 410 g/mol. The highest BCUT2D eigenvalue weighted by molar-refractivity contribution is 9.10. The molecule has 0 atom stereocenters. The largest absolute Gasteiger partial charge is 0.508 e. The fourth-order valence-electron chi connectivity index (χ4n) is 2.40. The first kappa shape index (κ1) is 18.4. The molecule has 0 unspecified atom stereocenters. The molecule has 6 heteroatoms. The molecule has 0 fully saturated rings. The van der Waals surface area contributed by atoms with Crippen LogP contribution in [-0.4, -0.2) is 22.0 Å². The van der Waals surface area contributed by atoms with Crippen molar-refractivity contribution >= 4 is 33.0 Å². The second kappa shape index (κ2) is 8.29. The predicted molar refractivity (Wildman–Crippen MR) is 112 cm³/mol. The van der Waals surface area contributed by atoms with Crippen molar-refractivity contribution in [3.05, 3.63) is 81.4 Å². The Morgan fingerprint density at radius 2 is 2.04 bits per heavy atom. The standard InChI is InChI=1S/C20H18BrN3OS/c1-3-11-22-20-24(23-14(2)15-7-9-18(25)10-8-15)19(13-26-20)16-5-4-6-17(21)12-16/h3-10,12-13,25H,1,11H2,2H3. The number of halogens is 1. The molecule has 1 aromatic heterocycles. The Morgan fingerprint density at radius 3 is 2.73 bits per heavy atom. The molecular formula is C20H18BrN3OS. The summed E-state index contributed by atoms with van der Waals surface area (Å²) >= 11 is 5.07. The zero-order valence-corrected chi connectivity index (χ0v) is 16.7. The molecule has 0 amide bonds. The second-order valence-corrected chi connectivity index (χ2v) is 7.34. The van der Waals surface area contributed by atoms with Gasteiger partial charge in [-0.15, -0.1) is 17.9 Å². The number of aromatic nitrogens is 1. The van der Waals surface area contributed by atoms with Crippen LogP contribution < -0.4 is 4.80 Å². The Kier molecular flexibility index (Phi) is 5.85. The van der Waals surface area contributed by atoms with E-state index in [1.54, 1.807) is 29.5 Å². The molecule has 3 rings (SSSR count). The van der Waals surface area contributed by atoms with E-state index < -0.39 is 0 Å². The van der Waals surface area contributed by atoms with Crippen molar-refractivity contribution in [2.24, 2.45) is 10.1 Å². The lowest BCUT2D eigenvalue weighted by Gasteiger charge is -2.07. The van der Waals surface area contributed by atoms with Crippen LogP contribution in [0, 0.1) is 0 Å². The van der Waals surface area contributed by atoms with Gasteiger partial charge in [-0.3, -0.25) is 4.99 Å². The Morgan fingerprint density at radius 1 is 1.27 bits per heavy atom. The van der Waals surface area contributed by atoms with Crippen LogP contribution in [0.3, 0.4) is 0 Å². The van der Waals surface area contributed by atoms with Gasteiger partial charge in [-0.1, -0.05) is 34.1 Å². The van der Waals surface area contributed by atoms with Crippen molar-refractivity contribution in [3.8, 4) is 17.0 Å². The smallest absolute Gasteiger partial charge is 0.206 e. The van der Waals surface area contributed by atoms with E-state index in [9.17, 15) is 5.11 Å². The molecule has 0 spiro atoms. The lowest BCUT2D eigenvalue weighted by Crippen LogP contribution is -2.14. The van der Waals surface area contributed by atoms with Gasteiger partial charge in [-0.2, -0.15) is 5.10 Å². The number of hydrogen-bond donors (Lipinski definition) is 1. The van der Waals surface area contributed by atoms with E-state index in [4.69, 9.17) is 5.10 Å². The number of phenols is 1. The average molecular weight is 428 g/mol. The zero-order chi connectivity index (χ0) is 18.5. The summed E-state index contributed by atoms with van der Waals surface area (Å²) in [7, 11) is 0. The van der Waals surface area contributed by atoms with Crippen LogP contribution in [0.25, 0.3) is 11.3 Å². The molecule has 0 aliphatic heterocycles. The van der Waals surface area contributed by atoms with Crippen LogP contribution in [0.5, 0.6) is 5.75 Å². The maximum absolute atomic E-state index is 9.48. The molecule has 0 saturated carbocycles. The third-order valence-electron chi connectivity index (χ3n) is 3.70. The molecule has 1 N–H and O–H groups in total. The molecule has 132 valence electrons. The van der Waals surface area contributed by atoms with Gasteiger partial charge in [0.05, 0.1) is 18.0 Å². The number of phenolic OH excluding ortho intramolecular Hbond substituents is 1. The van der Waals surface area contributed by atoms with E-state index in [-0.39, 0.29) is 5.75 Å². The van der Waals surface area contributed by atoms with Crippen molar-refractivity contribution in [3.63, 3.8) is 0 Å². The van der Waals surface area contributed by atoms with Crippen molar-refractivity contribution in [1.29, 1.82) is 0 Å². The normalized spacial score (nSPS) is 12.4. The lowest BCUT2D eigenvalue weighted by molar-refractivity contribution is 0.475. The predicted octanol–water partition coefficient (Wildman–Crippen LogP) is 5.04. The van der Waals surface area contributed by atoms with Crippen LogP contribution in [0.1, 0.15) is 12.5 Å². The molecule has 0 saturated heterocycles. The maximum Gasteiger partial charge on any atom is 0.206 e. The summed E-state index contributed by atoms with van der Waals surface area (Å²) in [6, 6.07) is 15.1. The summed E-state index contributed by atoms with van der Waals surface area (Å²) < 4.78 is 2.87. The second-order valence-electron chi connectivity index (χ2n) is 5.59. The van der Waals surface area contributed by atoms with Crippen molar-refractivity contribution in [2.75, 3.05) is 6.54 Å². The molecule has 0 aliphatic rings. The van der Waals surface area contributed by atoms with Gasteiger partial charge in [0.2, 0.25) is 4.80 Å². The van der Waals surface area contributed by atoms with Gasteiger partial charge in [0.15, 0.2) is 0 Å². The average Bonchev–Trinajstić information content (AvgIpc) is 3.03. The van der Waals surface area contributed by atoms with Gasteiger partial charge in [0, 0.05) is 15.4 Å². The topological polar surface area (TPSA) is 49.9 Å². The van der Waals surface area contributed by atoms with Crippen LogP contribution in [0.2, 0.25) is 0 Å². The van der Waals surface area contributed by atoms with E-state index in [0.717, 1.165) is 31.8 Å². The van der Waals surface area contributed by atoms with E-state index in [0.29, 0.717) is 6.54 Å². The van der Waals surface area contributed by atoms with Gasteiger partial charge in [0.1, 0.15) is 5.75 Å². The lowest BCUT2D eigenvalue weighted by atomic mass is 10.1. The minimum atomic E-state index is 0.237. The van der Waals surface area contributed by atoms with Crippen LogP contribution in [-0.2, 0) is 0 Å². The van der Waals surface area contributed by atoms with Gasteiger partial charge in [0.25, 0.3) is 0 Å². The number of rotatable bonds is 5. The highest BCUT2D eigenvalue weighted by Gasteiger charge is 2.09. The fourth-order valence-corrected chi connectivity index (χ4v) is 3.64. The molecule has 0 bridgehead atoms. The Labute approximate surface area is 164 Å². The van der Waals surface area contributed by atoms with Crippen molar-refractivity contribution in [2.45, 2.75) is 6.92 Å². The highest BCUT2D eigenvalue weighted by atomic mass is 79.9. The summed E-state index contributed by atoms with van der Waals surface area (Å²) in [6.45, 7) is 6.21. The first-order chi connectivity index (χ1) is 12.6. The zero-order valence-electron chi connectivity index (χ0n) is 14.3. The highest BCUT2D eigenvalue weighted by Crippen LogP contribution is 2.24. The van der Waals surface area contributed by atoms with Crippen LogP contribution in [0.4, 0.5) is 0 Å². The SMILES string of the molecule is C=CCN=c1scc(-c2cccc(Br)c2)n1N=C(C)c1ccc(O)cc1. The minimum absolute atomic E-state index is 0.237. The summed E-state index contributed by atoms with van der Waals surface area (Å²) in [5, 5.41) is 16.3. The molecule has 0 radical (unpaired) electrons. The summed E-state index contributed by atoms with van der Waals surface area (Å²) in [4.78, 5) is 5.36. The van der Waals surface area contributed by atoms with Crippen molar-refractivity contribution in [1.82, 2.24) is 4.68 Å². The van der Waals surface area contributed by atoms with Crippen molar-refractivity contribution < 1.29 is 5.11 Å². The van der Waals surface area contributed by atoms with E-state index in [2.05, 4.69) is 38.9 Å². The molecule has 26 heavy (non-hydrogen) atoms. The van der Waals surface area contributed by atoms with E-state index >= 15 is 0 Å². The molecule has 3 aromatic rings. The Balaban J connectivity index is 2.14. The minimum Gasteiger partial charge on any atom is -0.508 e. The van der Waals surface area contributed by atoms with E-state index in [1.807, 2.05) is 41.9 Å². The van der Waals surface area contributed by atoms with Gasteiger partial charge in [-0.05, 0) is 48.9 Å². The Hall–Kier alpha value is -2.44. The molecule has 1 heterocycles. The van der Waals surface area contributed by atoms with Gasteiger partial charge in [-0.25, -0.2) is 4.68 Å². The molecule has 4 nitrogen and oxygen atoms in total. The fraction of sp³-hybridized carbons (Fsp3) is 0.100. The summed E-state index contributed by atoms with van der Waals surface area (Å²) in [6.07, 6.45) is 1.76. The number of thiazole rings is 1. The monoisotopic (exact) mass is 427 g/mol. The molecule has 2 aromatic carbocycles. The third kappa shape index (κ3) is 4.20. The first-order valence-electron chi connectivity index (χ1n) is 8.01. The number of benzene rings is 2. The van der Waals surface area contributed by atoms with Crippen LogP contribution in [0.15, 0.2) is 81.1 Å². The summed E-state index contributed by atoms with van der Waals surface area (Å²) in [5.74, 6) is 0.237. The number of hydrogen-bond acceptors (Lipinski definition) is 4. The van der Waals surface area contributed by atoms with Gasteiger partial charge >= 0.3 is 0 Å². The molecule has 0 aliphatic carbocycles. The number of aromatic hydroxyl groups is 1. The Bertz CT molecular complexity index is 1020. The number of nitrogens with zero attached hydrogens (tertiary/aromatic N) is 3. The first-order valence-corrected chi connectivity index (χ1v) is 9.68. The van der Waals surface area contributed by atoms with E-state index in [1.165, 1.54) is 0 Å². The quantitative estimate of drug-likeness (QED) is 0.449. The summed E-state index contributed by atoms with van der Waals surface area (Å²) in [5.41, 5.74) is 3.80. The van der Waals surface area contributed by atoms with Gasteiger partial charge < -0.3 is 5.11 Å². The third-order valence-corrected chi connectivity index (χ3v) is 5.04. The van der Waals surface area contributed by atoms with Crippen LogP contribution >= 0.6 is 27.3 Å².